The minimum atomic E-state index is -1.00. The molecule has 0 saturated carbocycles. The summed E-state index contributed by atoms with van der Waals surface area (Å²) < 4.78 is 16.1. The highest BCUT2D eigenvalue weighted by molar-refractivity contribution is 6.23. The molecular formula is C19H21N5O7. The Balaban J connectivity index is 1.47. The van der Waals surface area contributed by atoms with Crippen LogP contribution in [-0.2, 0) is 19.1 Å². The molecule has 0 aromatic heterocycles. The van der Waals surface area contributed by atoms with Gasteiger partial charge in [0, 0.05) is 17.9 Å². The van der Waals surface area contributed by atoms with Crippen molar-refractivity contribution in [3.05, 3.63) is 39.8 Å². The van der Waals surface area contributed by atoms with Crippen molar-refractivity contribution in [1.29, 1.82) is 0 Å². The van der Waals surface area contributed by atoms with Crippen molar-refractivity contribution in [1.82, 2.24) is 10.2 Å². The van der Waals surface area contributed by atoms with E-state index in [0.29, 0.717) is 25.6 Å². The lowest BCUT2D eigenvalue weighted by Gasteiger charge is -2.27. The van der Waals surface area contributed by atoms with E-state index in [2.05, 4.69) is 15.3 Å². The maximum atomic E-state index is 12.7. The van der Waals surface area contributed by atoms with Crippen LogP contribution in [-0.4, -0.2) is 74.1 Å². The van der Waals surface area contributed by atoms with E-state index in [4.69, 9.17) is 19.7 Å². The summed E-state index contributed by atoms with van der Waals surface area (Å²) in [5, 5.41) is 5.50. The first-order valence-corrected chi connectivity index (χ1v) is 9.67. The fourth-order valence-electron chi connectivity index (χ4n) is 3.23. The van der Waals surface area contributed by atoms with Crippen molar-refractivity contribution in [2.75, 3.05) is 39.6 Å². The minimum absolute atomic E-state index is 0.0665. The normalized spacial score (nSPS) is 17.9. The summed E-state index contributed by atoms with van der Waals surface area (Å²) in [6, 6.07) is 3.50. The second-order valence-electron chi connectivity index (χ2n) is 6.68. The van der Waals surface area contributed by atoms with Gasteiger partial charge in [-0.1, -0.05) is 5.11 Å². The SMILES string of the molecule is [N-]=[N+]=NCCOCCOCCOc1ccc2c(c1)C(=O)N(C1CCC(=O)NC1=O)C2=O. The van der Waals surface area contributed by atoms with Crippen LogP contribution in [0.2, 0.25) is 0 Å². The first kappa shape index (κ1) is 22.2. The average Bonchev–Trinajstić information content (AvgIpc) is 2.99. The molecule has 164 valence electrons. The third-order valence-electron chi connectivity index (χ3n) is 4.68. The zero-order valence-corrected chi connectivity index (χ0v) is 16.6. The van der Waals surface area contributed by atoms with Gasteiger partial charge in [-0.15, -0.1) is 0 Å². The second-order valence-corrected chi connectivity index (χ2v) is 6.68. The summed E-state index contributed by atoms with van der Waals surface area (Å²) in [4.78, 5) is 52.3. The van der Waals surface area contributed by atoms with E-state index >= 15 is 0 Å². The third-order valence-corrected chi connectivity index (χ3v) is 4.68. The van der Waals surface area contributed by atoms with Gasteiger partial charge in [0.15, 0.2) is 0 Å². The van der Waals surface area contributed by atoms with Crippen molar-refractivity contribution < 1.29 is 33.4 Å². The monoisotopic (exact) mass is 431 g/mol. The molecule has 3 rings (SSSR count). The second kappa shape index (κ2) is 10.5. The lowest BCUT2D eigenvalue weighted by Crippen LogP contribution is -2.54. The molecule has 2 heterocycles. The standard InChI is InChI=1S/C19H21N5O7/c20-23-21-5-6-29-7-8-30-9-10-31-12-1-2-13-14(11-12)19(28)24(18(13)27)15-3-4-16(25)22-17(15)26/h1-2,11,15H,3-10H2,(H,22,25,26). The number of rotatable bonds is 11. The molecule has 1 aromatic carbocycles. The van der Waals surface area contributed by atoms with Crippen molar-refractivity contribution >= 4 is 23.6 Å². The van der Waals surface area contributed by atoms with Crippen LogP contribution in [0.25, 0.3) is 10.4 Å². The lowest BCUT2D eigenvalue weighted by molar-refractivity contribution is -0.136. The maximum absolute atomic E-state index is 12.7. The Bertz CT molecular complexity index is 928. The van der Waals surface area contributed by atoms with Crippen LogP contribution in [0.1, 0.15) is 33.6 Å². The Morgan fingerprint density at radius 2 is 1.74 bits per heavy atom. The van der Waals surface area contributed by atoms with Gasteiger partial charge in [0.05, 0.1) is 37.6 Å². The highest BCUT2D eigenvalue weighted by Crippen LogP contribution is 2.30. The van der Waals surface area contributed by atoms with Crippen LogP contribution in [0.15, 0.2) is 23.3 Å². The van der Waals surface area contributed by atoms with Gasteiger partial charge in [-0.3, -0.25) is 29.4 Å². The summed E-state index contributed by atoms with van der Waals surface area (Å²) in [6.07, 6.45) is 0.170. The summed E-state index contributed by atoms with van der Waals surface area (Å²) in [5.74, 6) is -1.84. The van der Waals surface area contributed by atoms with E-state index in [9.17, 15) is 19.2 Å². The van der Waals surface area contributed by atoms with Gasteiger partial charge in [-0.05, 0) is 30.2 Å². The quantitative estimate of drug-likeness (QED) is 0.178. The van der Waals surface area contributed by atoms with Crippen LogP contribution in [0.3, 0.4) is 0 Å². The number of azide groups is 1. The van der Waals surface area contributed by atoms with Crippen molar-refractivity contribution in [3.8, 4) is 5.75 Å². The molecular weight excluding hydrogens is 410 g/mol. The highest BCUT2D eigenvalue weighted by Gasteiger charge is 2.44. The topological polar surface area (TPSA) is 160 Å². The smallest absolute Gasteiger partial charge is 0.262 e. The first-order chi connectivity index (χ1) is 15.0. The molecule has 0 aliphatic carbocycles. The molecule has 2 aliphatic rings. The summed E-state index contributed by atoms with van der Waals surface area (Å²) in [6.45, 7) is 1.79. The molecule has 0 spiro atoms. The third kappa shape index (κ3) is 5.37. The number of piperidine rings is 1. The Morgan fingerprint density at radius 1 is 1.03 bits per heavy atom. The number of nitrogens with zero attached hydrogens (tertiary/aromatic N) is 4. The molecule has 1 atom stereocenters. The molecule has 1 aromatic rings. The molecule has 4 amide bonds. The Morgan fingerprint density at radius 3 is 2.48 bits per heavy atom. The Hall–Kier alpha value is -3.47. The van der Waals surface area contributed by atoms with Crippen molar-refractivity contribution in [2.45, 2.75) is 18.9 Å². The number of fused-ring (bicyclic) bond motifs is 1. The number of hydrogen-bond acceptors (Lipinski definition) is 8. The van der Waals surface area contributed by atoms with Gasteiger partial charge in [0.1, 0.15) is 18.4 Å². The van der Waals surface area contributed by atoms with Gasteiger partial charge in [-0.2, -0.15) is 0 Å². The van der Waals surface area contributed by atoms with Crippen LogP contribution in [0, 0.1) is 0 Å². The predicted molar refractivity (Wildman–Crippen MR) is 104 cm³/mol. The highest BCUT2D eigenvalue weighted by atomic mass is 16.5. The molecule has 31 heavy (non-hydrogen) atoms. The molecule has 12 heteroatoms. The zero-order chi connectivity index (χ0) is 22.2. The molecule has 1 fully saturated rings. The summed E-state index contributed by atoms with van der Waals surface area (Å²) in [5.41, 5.74) is 8.48. The van der Waals surface area contributed by atoms with E-state index in [1.807, 2.05) is 0 Å². The van der Waals surface area contributed by atoms with Crippen molar-refractivity contribution in [3.63, 3.8) is 0 Å². The first-order valence-electron chi connectivity index (χ1n) is 9.67. The van der Waals surface area contributed by atoms with Gasteiger partial charge < -0.3 is 14.2 Å². The van der Waals surface area contributed by atoms with Gasteiger partial charge >= 0.3 is 0 Å². The molecule has 2 aliphatic heterocycles. The van der Waals surface area contributed by atoms with E-state index in [0.717, 1.165) is 4.90 Å². The van der Waals surface area contributed by atoms with E-state index in [-0.39, 0.29) is 43.7 Å². The average molecular weight is 431 g/mol. The Kier molecular flexibility index (Phi) is 7.55. The molecule has 0 bridgehead atoms. The fourth-order valence-corrected chi connectivity index (χ4v) is 3.23. The Labute approximate surface area is 177 Å². The number of carbonyl (C=O) groups is 4. The summed E-state index contributed by atoms with van der Waals surface area (Å²) in [7, 11) is 0. The molecule has 1 N–H and O–H groups in total. The van der Waals surface area contributed by atoms with Crippen molar-refractivity contribution in [2.24, 2.45) is 5.11 Å². The van der Waals surface area contributed by atoms with Gasteiger partial charge in [0.2, 0.25) is 11.8 Å². The van der Waals surface area contributed by atoms with Crippen LogP contribution >= 0.6 is 0 Å². The lowest BCUT2D eigenvalue weighted by atomic mass is 10.0. The maximum Gasteiger partial charge on any atom is 0.262 e. The van der Waals surface area contributed by atoms with Gasteiger partial charge in [0.25, 0.3) is 11.8 Å². The van der Waals surface area contributed by atoms with E-state index in [1.54, 1.807) is 6.07 Å². The largest absolute Gasteiger partial charge is 0.491 e. The minimum Gasteiger partial charge on any atom is -0.491 e. The summed E-state index contributed by atoms with van der Waals surface area (Å²) >= 11 is 0. The molecule has 0 radical (unpaired) electrons. The van der Waals surface area contributed by atoms with E-state index < -0.39 is 29.7 Å². The number of benzene rings is 1. The van der Waals surface area contributed by atoms with E-state index in [1.165, 1.54) is 12.1 Å². The van der Waals surface area contributed by atoms with Crippen LogP contribution in [0.4, 0.5) is 0 Å². The molecule has 12 nitrogen and oxygen atoms in total. The zero-order valence-electron chi connectivity index (χ0n) is 16.6. The van der Waals surface area contributed by atoms with Crippen LogP contribution < -0.4 is 10.1 Å². The van der Waals surface area contributed by atoms with Crippen LogP contribution in [0.5, 0.6) is 5.75 Å². The number of ether oxygens (including phenoxy) is 3. The number of nitrogens with one attached hydrogen (secondary N) is 1. The fraction of sp³-hybridized carbons (Fsp3) is 0.474. The molecule has 1 saturated heterocycles. The number of hydrogen-bond donors (Lipinski definition) is 1. The van der Waals surface area contributed by atoms with Gasteiger partial charge in [-0.25, -0.2) is 0 Å². The number of imide groups is 2. The molecule has 1 unspecified atom stereocenters. The number of carbonyl (C=O) groups excluding carboxylic acids is 4. The number of amides is 4. The predicted octanol–water partition coefficient (Wildman–Crippen LogP) is 0.810.